The Balaban J connectivity index is -0.0000000450. The van der Waals surface area contributed by atoms with E-state index < -0.39 is 16.2 Å². The summed E-state index contributed by atoms with van der Waals surface area (Å²) in [5.41, 5.74) is 8.50. The molecular weight excluding hydrogens is 239 g/mol. The van der Waals surface area contributed by atoms with E-state index in [1.807, 2.05) is 0 Å². The van der Waals surface area contributed by atoms with E-state index in [1.165, 1.54) is 0 Å². The van der Waals surface area contributed by atoms with Crippen LogP contribution in [0.5, 0.6) is 0 Å². The number of hydrogen-bond acceptors (Lipinski definition) is 7. The van der Waals surface area contributed by atoms with E-state index in [0.717, 1.165) is 0 Å². The zero-order valence-electron chi connectivity index (χ0n) is 5.72. The fourth-order valence-electron chi connectivity index (χ4n) is 0. The molecule has 0 bridgehead atoms. The largest absolute Gasteiger partial charge is 2.00 e. The molecule has 0 aliphatic rings. The van der Waals surface area contributed by atoms with Crippen LogP contribution < -0.4 is 11.5 Å². The molecule has 0 fully saturated rings. The first-order chi connectivity index (χ1) is 5.20. The monoisotopic (exact) mass is 242 g/mol. The zero-order chi connectivity index (χ0) is 10.7. The first kappa shape index (κ1) is 22.5. The van der Waals surface area contributed by atoms with Gasteiger partial charge in [0, 0.05) is 0 Å². The fourth-order valence-corrected chi connectivity index (χ4v) is 0. The minimum absolute atomic E-state index is 0. The Morgan fingerprint density at radius 2 is 0.923 bits per heavy atom. The third-order valence-electron chi connectivity index (χ3n) is 0. The topological polar surface area (TPSA) is 202 Å². The summed E-state index contributed by atoms with van der Waals surface area (Å²) >= 11 is 0. The molecule has 0 unspecified atom stereocenters. The van der Waals surface area contributed by atoms with Crippen molar-refractivity contribution in [2.45, 2.75) is 0 Å². The van der Waals surface area contributed by atoms with Crippen molar-refractivity contribution in [1.29, 1.82) is 0 Å². The van der Waals surface area contributed by atoms with Gasteiger partial charge in [-0.05, 0) is 0 Å². The molecule has 0 aromatic carbocycles. The number of nitrogens with zero attached hydrogens (tertiary/aromatic N) is 2. The summed E-state index contributed by atoms with van der Waals surface area (Å²) in [6.07, 6.45) is 0. The molecule has 0 heterocycles. The smallest absolute Gasteiger partial charge is 0.356 e. The van der Waals surface area contributed by atoms with Crippen molar-refractivity contribution in [3.05, 3.63) is 30.6 Å². The molecule has 2 amide bonds. The van der Waals surface area contributed by atoms with Gasteiger partial charge in [-0.25, -0.2) is 4.79 Å². The molecule has 11 nitrogen and oxygen atoms in total. The molecule has 0 radical (unpaired) electrons. The second kappa shape index (κ2) is 16.6. The summed E-state index contributed by atoms with van der Waals surface area (Å²) in [6.45, 7) is 0. The SMILES string of the molecule is NC(N)=O.O=[N+]([O-])[O-].O=[N+]([O-])[O-].[Ni+2]. The van der Waals surface area contributed by atoms with E-state index in [-0.39, 0.29) is 16.5 Å². The molecular formula is CH4N4NiO7. The summed E-state index contributed by atoms with van der Waals surface area (Å²) < 4.78 is 0. The standard InChI is InChI=1S/CH4N2O.2NO3.Ni/c3*2-1(3)4;/h(H4,2,3,4);;;/q;2*-1;+2. The van der Waals surface area contributed by atoms with Crippen LogP contribution in [-0.2, 0) is 16.5 Å². The van der Waals surface area contributed by atoms with Crippen molar-refractivity contribution in [2.24, 2.45) is 11.5 Å². The van der Waals surface area contributed by atoms with Gasteiger partial charge < -0.3 is 42.1 Å². The van der Waals surface area contributed by atoms with Crippen molar-refractivity contribution in [3.63, 3.8) is 0 Å². The Bertz CT molecular complexity index is 118. The van der Waals surface area contributed by atoms with Crippen LogP contribution >= 0.6 is 0 Å². The van der Waals surface area contributed by atoms with E-state index in [4.69, 9.17) is 35.4 Å². The third-order valence-corrected chi connectivity index (χ3v) is 0. The molecule has 0 saturated heterocycles. The first-order valence-corrected chi connectivity index (χ1v) is 1.88. The summed E-state index contributed by atoms with van der Waals surface area (Å²) in [5, 5.41) is 29.5. The second-order valence-corrected chi connectivity index (χ2v) is 0.850. The first-order valence-electron chi connectivity index (χ1n) is 1.88. The van der Waals surface area contributed by atoms with Crippen molar-refractivity contribution in [3.8, 4) is 0 Å². The molecule has 12 heteroatoms. The van der Waals surface area contributed by atoms with E-state index in [2.05, 4.69) is 11.5 Å². The van der Waals surface area contributed by atoms with Gasteiger partial charge in [-0.3, -0.25) is 0 Å². The van der Waals surface area contributed by atoms with E-state index in [9.17, 15) is 0 Å². The van der Waals surface area contributed by atoms with Gasteiger partial charge in [-0.1, -0.05) is 0 Å². The molecule has 0 aromatic heterocycles. The van der Waals surface area contributed by atoms with Crippen molar-refractivity contribution >= 4 is 6.03 Å². The number of primary amides is 2. The Hall–Kier alpha value is -1.84. The van der Waals surface area contributed by atoms with Crippen LogP contribution in [0.1, 0.15) is 0 Å². The Labute approximate surface area is 80.4 Å². The second-order valence-electron chi connectivity index (χ2n) is 0.850. The third kappa shape index (κ3) is 201. The predicted octanol–water partition coefficient (Wildman–Crippen LogP) is -1.46. The molecule has 0 rings (SSSR count). The number of amides is 2. The molecule has 13 heavy (non-hydrogen) atoms. The van der Waals surface area contributed by atoms with E-state index in [1.54, 1.807) is 0 Å². The van der Waals surface area contributed by atoms with Crippen LogP contribution in [0.3, 0.4) is 0 Å². The summed E-state index contributed by atoms with van der Waals surface area (Å²) in [6, 6.07) is -0.833. The summed E-state index contributed by atoms with van der Waals surface area (Å²) in [4.78, 5) is 25.5. The quantitative estimate of drug-likeness (QED) is 0.293. The maximum atomic E-state index is 9.00. The van der Waals surface area contributed by atoms with Gasteiger partial charge in [0.25, 0.3) is 0 Å². The minimum Gasteiger partial charge on any atom is -0.356 e. The molecule has 80 valence electrons. The van der Waals surface area contributed by atoms with Crippen LogP contribution in [0, 0.1) is 30.6 Å². The van der Waals surface area contributed by atoms with Gasteiger partial charge in [0.1, 0.15) is 0 Å². The summed E-state index contributed by atoms with van der Waals surface area (Å²) in [5.74, 6) is 0. The van der Waals surface area contributed by atoms with E-state index in [0.29, 0.717) is 0 Å². The predicted molar refractivity (Wildman–Crippen MR) is 34.5 cm³/mol. The number of rotatable bonds is 0. The normalized spacial score (nSPS) is 5.54. The van der Waals surface area contributed by atoms with Crippen LogP contribution in [0.25, 0.3) is 0 Å². The van der Waals surface area contributed by atoms with Crippen molar-refractivity contribution in [1.82, 2.24) is 0 Å². The van der Waals surface area contributed by atoms with Crippen molar-refractivity contribution in [2.75, 3.05) is 0 Å². The average molecular weight is 243 g/mol. The van der Waals surface area contributed by atoms with Crippen LogP contribution in [-0.4, -0.2) is 16.2 Å². The molecule has 0 atom stereocenters. The van der Waals surface area contributed by atoms with Gasteiger partial charge in [-0.2, -0.15) is 0 Å². The van der Waals surface area contributed by atoms with Crippen LogP contribution in [0.2, 0.25) is 0 Å². The molecule has 0 spiro atoms. The number of carbonyl (C=O) groups excluding carboxylic acids is 1. The molecule has 0 saturated carbocycles. The summed E-state index contributed by atoms with van der Waals surface area (Å²) in [7, 11) is 0. The maximum absolute atomic E-state index is 9.00. The average Bonchev–Trinajstić information content (AvgIpc) is 1.54. The van der Waals surface area contributed by atoms with Gasteiger partial charge in [0.2, 0.25) is 0 Å². The molecule has 0 aliphatic carbocycles. The van der Waals surface area contributed by atoms with Gasteiger partial charge in [0.15, 0.2) is 0 Å². The van der Waals surface area contributed by atoms with Gasteiger partial charge >= 0.3 is 22.5 Å². The Morgan fingerprint density at radius 3 is 0.923 bits per heavy atom. The number of urea groups is 1. The maximum Gasteiger partial charge on any atom is 2.00 e. The Kier molecular flexibility index (Phi) is 28.7. The van der Waals surface area contributed by atoms with Crippen molar-refractivity contribution < 1.29 is 31.5 Å². The van der Waals surface area contributed by atoms with Gasteiger partial charge in [-0.15, -0.1) is 0 Å². The molecule has 0 aromatic rings. The molecule has 4 N–H and O–H groups in total. The number of hydrogen-bond donors (Lipinski definition) is 2. The van der Waals surface area contributed by atoms with Crippen LogP contribution in [0.15, 0.2) is 0 Å². The Morgan fingerprint density at radius 1 is 0.923 bits per heavy atom. The van der Waals surface area contributed by atoms with Crippen LogP contribution in [0.4, 0.5) is 4.79 Å². The van der Waals surface area contributed by atoms with E-state index >= 15 is 0 Å². The number of nitrogens with two attached hydrogens (primary N) is 2. The molecule has 0 aliphatic heterocycles. The fraction of sp³-hybridized carbons (Fsp3) is 0. The van der Waals surface area contributed by atoms with Gasteiger partial charge in [0.05, 0.1) is 10.2 Å². The number of carbonyl (C=O) groups is 1. The minimum atomic E-state index is -1.75. The zero-order valence-corrected chi connectivity index (χ0v) is 6.71.